The normalized spacial score (nSPS) is 9.53. The van der Waals surface area contributed by atoms with Crippen LogP contribution in [-0.2, 0) is 6.54 Å². The van der Waals surface area contributed by atoms with Crippen molar-refractivity contribution in [1.29, 1.82) is 0 Å². The zero-order valence-electron chi connectivity index (χ0n) is 10.1. The Kier molecular flexibility index (Phi) is 4.32. The first kappa shape index (κ1) is 12.9. The van der Waals surface area contributed by atoms with E-state index in [1.54, 1.807) is 0 Å². The number of benzene rings is 1. The van der Waals surface area contributed by atoms with Gasteiger partial charge in [-0.05, 0) is 17.7 Å². The van der Waals surface area contributed by atoms with Crippen molar-refractivity contribution < 1.29 is 14.4 Å². The molecule has 2 N–H and O–H groups in total. The Bertz CT molecular complexity index is 592. The summed E-state index contributed by atoms with van der Waals surface area (Å²) in [6.45, 7) is 0.245. The van der Waals surface area contributed by atoms with Crippen LogP contribution in [0.1, 0.15) is 21.6 Å². The predicted octanol–water partition coefficient (Wildman–Crippen LogP) is 0.948. The van der Waals surface area contributed by atoms with Crippen LogP contribution in [0.15, 0.2) is 41.1 Å². The molecule has 0 unspecified atom stereocenters. The molecule has 5 nitrogen and oxygen atoms in total. The van der Waals surface area contributed by atoms with Crippen LogP contribution in [0, 0.1) is 11.8 Å². The van der Waals surface area contributed by atoms with E-state index in [-0.39, 0.29) is 18.2 Å². The highest BCUT2D eigenvalue weighted by atomic mass is 16.5. The van der Waals surface area contributed by atoms with Gasteiger partial charge >= 0.3 is 0 Å². The smallest absolute Gasteiger partial charge is 0.273 e. The summed E-state index contributed by atoms with van der Waals surface area (Å²) in [5.41, 5.74) is 2.03. The molecule has 0 saturated carbocycles. The number of carbonyl (C=O) groups excluding carboxylic acids is 1. The lowest BCUT2D eigenvalue weighted by atomic mass is 10.1. The zero-order valence-corrected chi connectivity index (χ0v) is 10.1. The van der Waals surface area contributed by atoms with Crippen LogP contribution < -0.4 is 5.32 Å². The summed E-state index contributed by atoms with van der Waals surface area (Å²) in [6, 6.07) is 8.90. The first-order chi connectivity index (χ1) is 9.29. The summed E-state index contributed by atoms with van der Waals surface area (Å²) >= 11 is 0. The Morgan fingerprint density at radius 3 is 2.74 bits per heavy atom. The van der Waals surface area contributed by atoms with E-state index in [0.717, 1.165) is 11.1 Å². The summed E-state index contributed by atoms with van der Waals surface area (Å²) in [7, 11) is 0. The minimum atomic E-state index is -0.280. The molecule has 0 aliphatic carbocycles. The van der Waals surface area contributed by atoms with E-state index in [2.05, 4.69) is 26.8 Å². The van der Waals surface area contributed by atoms with Crippen molar-refractivity contribution in [3.8, 4) is 11.8 Å². The summed E-state index contributed by atoms with van der Waals surface area (Å²) in [4.78, 5) is 11.6. The Morgan fingerprint density at radius 2 is 2.11 bits per heavy atom. The quantitative estimate of drug-likeness (QED) is 0.802. The minimum absolute atomic E-state index is 0.157. The number of aliphatic hydroxyl groups excluding tert-OH is 1. The number of rotatable bonds is 3. The van der Waals surface area contributed by atoms with Gasteiger partial charge in [-0.15, -0.1) is 0 Å². The Balaban J connectivity index is 1.91. The molecule has 0 spiro atoms. The maximum absolute atomic E-state index is 11.6. The molecule has 0 aliphatic rings. The van der Waals surface area contributed by atoms with Gasteiger partial charge in [-0.25, -0.2) is 0 Å². The first-order valence-corrected chi connectivity index (χ1v) is 5.67. The number of hydrogen-bond donors (Lipinski definition) is 2. The molecule has 2 aromatic rings. The average molecular weight is 256 g/mol. The molecule has 1 heterocycles. The van der Waals surface area contributed by atoms with E-state index < -0.39 is 0 Å². The second kappa shape index (κ2) is 6.38. The third-order valence-corrected chi connectivity index (χ3v) is 2.39. The van der Waals surface area contributed by atoms with E-state index in [1.165, 1.54) is 12.3 Å². The Morgan fingerprint density at radius 1 is 1.32 bits per heavy atom. The highest BCUT2D eigenvalue weighted by Gasteiger charge is 2.07. The van der Waals surface area contributed by atoms with Gasteiger partial charge in [0.1, 0.15) is 12.9 Å². The van der Waals surface area contributed by atoms with Gasteiger partial charge in [0.2, 0.25) is 0 Å². The minimum Gasteiger partial charge on any atom is -0.384 e. The van der Waals surface area contributed by atoms with Crippen LogP contribution in [0.3, 0.4) is 0 Å². The van der Waals surface area contributed by atoms with Crippen LogP contribution in [0.25, 0.3) is 0 Å². The van der Waals surface area contributed by atoms with E-state index in [1.807, 2.05) is 24.3 Å². The highest BCUT2D eigenvalue weighted by Crippen LogP contribution is 2.03. The molecule has 1 aromatic carbocycles. The lowest BCUT2D eigenvalue weighted by molar-refractivity contribution is 0.0942. The van der Waals surface area contributed by atoms with Gasteiger partial charge < -0.3 is 14.9 Å². The number of aromatic nitrogens is 1. The molecular weight excluding hydrogens is 244 g/mol. The van der Waals surface area contributed by atoms with Crippen molar-refractivity contribution in [2.75, 3.05) is 6.61 Å². The molecule has 1 aromatic heterocycles. The average Bonchev–Trinajstić information content (AvgIpc) is 2.98. The van der Waals surface area contributed by atoms with Crippen LogP contribution in [0.5, 0.6) is 0 Å². The number of nitrogens with zero attached hydrogens (tertiary/aromatic N) is 1. The SMILES string of the molecule is O=C(NCc1ccc(C#CCO)cc1)c1ccon1. The monoisotopic (exact) mass is 256 g/mol. The molecule has 0 atom stereocenters. The fraction of sp³-hybridized carbons (Fsp3) is 0.143. The third-order valence-electron chi connectivity index (χ3n) is 2.39. The van der Waals surface area contributed by atoms with Gasteiger partial charge in [0.05, 0.1) is 0 Å². The fourth-order valence-electron chi connectivity index (χ4n) is 1.45. The van der Waals surface area contributed by atoms with Crippen LogP contribution in [-0.4, -0.2) is 22.8 Å². The molecule has 5 heteroatoms. The number of carbonyl (C=O) groups is 1. The van der Waals surface area contributed by atoms with Crippen molar-refractivity contribution in [2.45, 2.75) is 6.54 Å². The lowest BCUT2D eigenvalue weighted by Crippen LogP contribution is -2.22. The van der Waals surface area contributed by atoms with Crippen LogP contribution in [0.2, 0.25) is 0 Å². The van der Waals surface area contributed by atoms with Crippen LogP contribution in [0.4, 0.5) is 0 Å². The number of nitrogens with one attached hydrogen (secondary N) is 1. The van der Waals surface area contributed by atoms with E-state index in [4.69, 9.17) is 5.11 Å². The van der Waals surface area contributed by atoms with E-state index >= 15 is 0 Å². The maximum Gasteiger partial charge on any atom is 0.273 e. The summed E-state index contributed by atoms with van der Waals surface area (Å²) < 4.78 is 4.59. The Labute approximate surface area is 110 Å². The van der Waals surface area contributed by atoms with Gasteiger partial charge in [0.25, 0.3) is 5.91 Å². The largest absolute Gasteiger partial charge is 0.384 e. The second-order valence-electron chi connectivity index (χ2n) is 3.72. The van der Waals surface area contributed by atoms with Crippen molar-refractivity contribution in [2.24, 2.45) is 0 Å². The Hall–Kier alpha value is -2.58. The predicted molar refractivity (Wildman–Crippen MR) is 68.1 cm³/mol. The summed E-state index contributed by atoms with van der Waals surface area (Å²) in [5, 5.41) is 14.9. The summed E-state index contributed by atoms with van der Waals surface area (Å²) in [6.07, 6.45) is 1.35. The number of aliphatic hydroxyl groups is 1. The topological polar surface area (TPSA) is 75.4 Å². The molecule has 96 valence electrons. The fourth-order valence-corrected chi connectivity index (χ4v) is 1.45. The lowest BCUT2D eigenvalue weighted by Gasteiger charge is -2.03. The third kappa shape index (κ3) is 3.69. The zero-order chi connectivity index (χ0) is 13.5. The molecule has 0 radical (unpaired) electrons. The first-order valence-electron chi connectivity index (χ1n) is 5.67. The van der Waals surface area contributed by atoms with Crippen molar-refractivity contribution >= 4 is 5.91 Å². The molecule has 0 fully saturated rings. The molecule has 2 rings (SSSR count). The highest BCUT2D eigenvalue weighted by molar-refractivity contribution is 5.91. The molecular formula is C14H12N2O3. The molecule has 1 amide bonds. The number of hydrogen-bond acceptors (Lipinski definition) is 4. The number of amides is 1. The van der Waals surface area contributed by atoms with Crippen LogP contribution >= 0.6 is 0 Å². The van der Waals surface area contributed by atoms with Gasteiger partial charge in [-0.2, -0.15) is 0 Å². The van der Waals surface area contributed by atoms with Gasteiger partial charge in [0.15, 0.2) is 5.69 Å². The molecule has 0 bridgehead atoms. The standard InChI is InChI=1S/C14H12N2O3/c17-8-1-2-11-3-5-12(6-4-11)10-15-14(18)13-7-9-19-16-13/h3-7,9,17H,8,10H2,(H,15,18). The maximum atomic E-state index is 11.6. The van der Waals surface area contributed by atoms with Gasteiger partial charge in [0, 0.05) is 18.2 Å². The second-order valence-corrected chi connectivity index (χ2v) is 3.72. The van der Waals surface area contributed by atoms with Gasteiger partial charge in [-0.1, -0.05) is 29.1 Å². The van der Waals surface area contributed by atoms with E-state index in [9.17, 15) is 4.79 Å². The molecule has 19 heavy (non-hydrogen) atoms. The summed E-state index contributed by atoms with van der Waals surface area (Å²) in [5.74, 6) is 5.09. The molecule has 0 saturated heterocycles. The van der Waals surface area contributed by atoms with Crippen molar-refractivity contribution in [3.05, 3.63) is 53.4 Å². The van der Waals surface area contributed by atoms with Crippen molar-refractivity contribution in [3.63, 3.8) is 0 Å². The van der Waals surface area contributed by atoms with Gasteiger partial charge in [-0.3, -0.25) is 4.79 Å². The molecule has 0 aliphatic heterocycles. The van der Waals surface area contributed by atoms with E-state index in [0.29, 0.717) is 6.54 Å². The van der Waals surface area contributed by atoms with Crippen molar-refractivity contribution in [1.82, 2.24) is 10.5 Å².